The summed E-state index contributed by atoms with van der Waals surface area (Å²) in [6, 6.07) is 8.29. The number of nitrogens with zero attached hydrogens (tertiary/aromatic N) is 1. The van der Waals surface area contributed by atoms with Crippen LogP contribution in [0.15, 0.2) is 24.3 Å². The highest BCUT2D eigenvalue weighted by Gasteiger charge is 2.18. The van der Waals surface area contributed by atoms with E-state index in [9.17, 15) is 0 Å². The van der Waals surface area contributed by atoms with Crippen LogP contribution >= 0.6 is 0 Å². The molecule has 1 N–H and O–H groups in total. The quantitative estimate of drug-likeness (QED) is 0.826. The van der Waals surface area contributed by atoms with Crippen LogP contribution in [0.5, 0.6) is 5.75 Å². The molecule has 4 nitrogen and oxygen atoms in total. The van der Waals surface area contributed by atoms with Crippen molar-refractivity contribution in [2.24, 2.45) is 0 Å². The highest BCUT2D eigenvalue weighted by Crippen LogP contribution is 2.15. The van der Waals surface area contributed by atoms with Crippen LogP contribution in [-0.4, -0.2) is 51.4 Å². The summed E-state index contributed by atoms with van der Waals surface area (Å²) in [5, 5.41) is 3.15. The summed E-state index contributed by atoms with van der Waals surface area (Å²) in [6.45, 7) is 4.85. The largest absolute Gasteiger partial charge is 0.492 e. The lowest BCUT2D eigenvalue weighted by Gasteiger charge is -2.30. The van der Waals surface area contributed by atoms with Crippen LogP contribution < -0.4 is 10.1 Å². The molecule has 20 heavy (non-hydrogen) atoms. The zero-order chi connectivity index (χ0) is 14.2. The lowest BCUT2D eigenvalue weighted by Crippen LogP contribution is -2.38. The third-order valence-corrected chi connectivity index (χ3v) is 3.82. The van der Waals surface area contributed by atoms with E-state index in [4.69, 9.17) is 9.47 Å². The van der Waals surface area contributed by atoms with Crippen LogP contribution in [0.3, 0.4) is 0 Å². The SMILES string of the molecule is CNCc1cccc(OCCN2CCC(OC)CC2)c1. The molecule has 0 aliphatic carbocycles. The molecule has 0 radical (unpaired) electrons. The number of nitrogens with one attached hydrogen (secondary N) is 1. The number of ether oxygens (including phenoxy) is 2. The Labute approximate surface area is 122 Å². The summed E-state index contributed by atoms with van der Waals surface area (Å²) in [5.74, 6) is 0.963. The summed E-state index contributed by atoms with van der Waals surface area (Å²) in [4.78, 5) is 2.45. The van der Waals surface area contributed by atoms with E-state index in [1.54, 1.807) is 0 Å². The van der Waals surface area contributed by atoms with E-state index in [0.717, 1.165) is 51.4 Å². The van der Waals surface area contributed by atoms with Gasteiger partial charge in [0.15, 0.2) is 0 Å². The first-order valence-electron chi connectivity index (χ1n) is 7.43. The summed E-state index contributed by atoms with van der Waals surface area (Å²) in [5.41, 5.74) is 1.26. The molecule has 0 spiro atoms. The second kappa shape index (κ2) is 8.25. The number of hydrogen-bond donors (Lipinski definition) is 1. The van der Waals surface area contributed by atoms with Crippen LogP contribution in [-0.2, 0) is 11.3 Å². The van der Waals surface area contributed by atoms with Gasteiger partial charge in [0.05, 0.1) is 6.10 Å². The minimum absolute atomic E-state index is 0.449. The topological polar surface area (TPSA) is 33.7 Å². The van der Waals surface area contributed by atoms with Crippen molar-refractivity contribution in [3.63, 3.8) is 0 Å². The molecule has 1 aliphatic rings. The molecule has 112 valence electrons. The Morgan fingerprint density at radius 3 is 2.80 bits per heavy atom. The first-order valence-corrected chi connectivity index (χ1v) is 7.43. The molecule has 1 aromatic carbocycles. The second-order valence-corrected chi connectivity index (χ2v) is 5.30. The zero-order valence-electron chi connectivity index (χ0n) is 12.6. The van der Waals surface area contributed by atoms with Crippen molar-refractivity contribution in [1.29, 1.82) is 0 Å². The Hall–Kier alpha value is -1.10. The van der Waals surface area contributed by atoms with Crippen molar-refractivity contribution >= 4 is 0 Å². The Balaban J connectivity index is 1.69. The van der Waals surface area contributed by atoms with Crippen molar-refractivity contribution < 1.29 is 9.47 Å². The van der Waals surface area contributed by atoms with Crippen molar-refractivity contribution in [2.45, 2.75) is 25.5 Å². The first-order chi connectivity index (χ1) is 9.81. The van der Waals surface area contributed by atoms with Crippen LogP contribution in [0, 0.1) is 0 Å². The Kier molecular flexibility index (Phi) is 6.30. The Morgan fingerprint density at radius 2 is 2.10 bits per heavy atom. The second-order valence-electron chi connectivity index (χ2n) is 5.30. The number of piperidine rings is 1. The molecule has 0 unspecified atom stereocenters. The summed E-state index contributed by atoms with van der Waals surface area (Å²) < 4.78 is 11.2. The maximum absolute atomic E-state index is 5.85. The molecule has 0 amide bonds. The van der Waals surface area contributed by atoms with E-state index in [1.165, 1.54) is 5.56 Å². The molecule has 0 aromatic heterocycles. The van der Waals surface area contributed by atoms with Crippen LogP contribution in [0.25, 0.3) is 0 Å². The Morgan fingerprint density at radius 1 is 1.30 bits per heavy atom. The van der Waals surface area contributed by atoms with E-state index in [1.807, 2.05) is 26.3 Å². The molecule has 1 aliphatic heterocycles. The van der Waals surface area contributed by atoms with Gasteiger partial charge in [0.25, 0.3) is 0 Å². The van der Waals surface area contributed by atoms with Gasteiger partial charge in [-0.1, -0.05) is 12.1 Å². The van der Waals surface area contributed by atoms with Gasteiger partial charge in [0, 0.05) is 33.3 Å². The first kappa shape index (κ1) is 15.3. The van der Waals surface area contributed by atoms with Gasteiger partial charge in [-0.05, 0) is 37.6 Å². The van der Waals surface area contributed by atoms with E-state index in [0.29, 0.717) is 6.10 Å². The fraction of sp³-hybridized carbons (Fsp3) is 0.625. The van der Waals surface area contributed by atoms with Gasteiger partial charge >= 0.3 is 0 Å². The third-order valence-electron chi connectivity index (χ3n) is 3.82. The molecular weight excluding hydrogens is 252 g/mol. The molecule has 1 fully saturated rings. The lowest BCUT2D eigenvalue weighted by molar-refractivity contribution is 0.0375. The number of methoxy groups -OCH3 is 1. The predicted molar refractivity (Wildman–Crippen MR) is 81.2 cm³/mol. The third kappa shape index (κ3) is 4.78. The van der Waals surface area contributed by atoms with Crippen LogP contribution in [0.4, 0.5) is 0 Å². The summed E-state index contributed by atoms with van der Waals surface area (Å²) in [6.07, 6.45) is 2.72. The smallest absolute Gasteiger partial charge is 0.119 e. The maximum atomic E-state index is 5.85. The Bertz CT molecular complexity index is 390. The monoisotopic (exact) mass is 278 g/mol. The van der Waals surface area contributed by atoms with Gasteiger partial charge in [-0.3, -0.25) is 4.90 Å². The summed E-state index contributed by atoms with van der Waals surface area (Å²) in [7, 11) is 3.76. The van der Waals surface area contributed by atoms with Gasteiger partial charge in [0.1, 0.15) is 12.4 Å². The van der Waals surface area contributed by atoms with Crippen LogP contribution in [0.2, 0.25) is 0 Å². The molecule has 1 aromatic rings. The standard InChI is InChI=1S/C16H26N2O2/c1-17-13-14-4-3-5-16(12-14)20-11-10-18-8-6-15(19-2)7-9-18/h3-5,12,15,17H,6-11,13H2,1-2H3. The summed E-state index contributed by atoms with van der Waals surface area (Å²) >= 11 is 0. The molecule has 0 atom stereocenters. The minimum Gasteiger partial charge on any atom is -0.492 e. The van der Waals surface area contributed by atoms with Gasteiger partial charge in [-0.15, -0.1) is 0 Å². The molecule has 1 heterocycles. The predicted octanol–water partition coefficient (Wildman–Crippen LogP) is 1.90. The van der Waals surface area contributed by atoms with E-state index < -0.39 is 0 Å². The lowest BCUT2D eigenvalue weighted by atomic mass is 10.1. The molecule has 0 saturated carbocycles. The highest BCUT2D eigenvalue weighted by molar-refractivity contribution is 5.28. The molecular formula is C16H26N2O2. The number of likely N-dealkylation sites (tertiary alicyclic amines) is 1. The molecule has 0 bridgehead atoms. The number of rotatable bonds is 7. The highest BCUT2D eigenvalue weighted by atomic mass is 16.5. The molecule has 4 heteroatoms. The zero-order valence-corrected chi connectivity index (χ0v) is 12.6. The van der Waals surface area contributed by atoms with Crippen LogP contribution in [0.1, 0.15) is 18.4 Å². The van der Waals surface area contributed by atoms with E-state index in [2.05, 4.69) is 22.3 Å². The van der Waals surface area contributed by atoms with Gasteiger partial charge in [-0.2, -0.15) is 0 Å². The molecule has 1 saturated heterocycles. The van der Waals surface area contributed by atoms with Crippen molar-refractivity contribution in [2.75, 3.05) is 40.4 Å². The van der Waals surface area contributed by atoms with Gasteiger partial charge in [-0.25, -0.2) is 0 Å². The average Bonchev–Trinajstić information content (AvgIpc) is 2.49. The van der Waals surface area contributed by atoms with Crippen molar-refractivity contribution in [3.05, 3.63) is 29.8 Å². The minimum atomic E-state index is 0.449. The number of benzene rings is 1. The van der Waals surface area contributed by atoms with Gasteiger partial charge < -0.3 is 14.8 Å². The van der Waals surface area contributed by atoms with Crippen molar-refractivity contribution in [3.8, 4) is 5.75 Å². The van der Waals surface area contributed by atoms with Crippen molar-refractivity contribution in [1.82, 2.24) is 10.2 Å². The van der Waals surface area contributed by atoms with Gasteiger partial charge in [0.2, 0.25) is 0 Å². The van der Waals surface area contributed by atoms with E-state index in [-0.39, 0.29) is 0 Å². The van der Waals surface area contributed by atoms with E-state index >= 15 is 0 Å². The average molecular weight is 278 g/mol. The fourth-order valence-electron chi connectivity index (χ4n) is 2.61. The number of hydrogen-bond acceptors (Lipinski definition) is 4. The maximum Gasteiger partial charge on any atom is 0.119 e. The fourth-order valence-corrected chi connectivity index (χ4v) is 2.61. The normalized spacial score (nSPS) is 17.3. The molecule has 2 rings (SSSR count).